The molecular weight excluding hydrogens is 432 g/mol. The van der Waals surface area contributed by atoms with Crippen molar-refractivity contribution >= 4 is 27.7 Å². The van der Waals surface area contributed by atoms with Crippen molar-refractivity contribution in [3.8, 4) is 5.75 Å². The van der Waals surface area contributed by atoms with Crippen LogP contribution in [0.25, 0.3) is 0 Å². The largest absolute Gasteiger partial charge is 0.484 e. The van der Waals surface area contributed by atoms with E-state index in [1.807, 2.05) is 76.2 Å². The van der Waals surface area contributed by atoms with Gasteiger partial charge in [0.25, 0.3) is 5.91 Å². The van der Waals surface area contributed by atoms with Gasteiger partial charge in [0.15, 0.2) is 6.61 Å². The SMILES string of the molecule is Cc1ccccc1OCC(=O)N(Cc1ccc(Br)cc1)C(C)C(=O)NC(C)(C)C. The molecule has 0 spiro atoms. The van der Waals surface area contributed by atoms with Crippen LogP contribution in [0.5, 0.6) is 5.75 Å². The highest BCUT2D eigenvalue weighted by molar-refractivity contribution is 9.10. The second-order valence-corrected chi connectivity index (χ2v) is 9.03. The van der Waals surface area contributed by atoms with Crippen molar-refractivity contribution in [1.82, 2.24) is 10.2 Å². The van der Waals surface area contributed by atoms with Crippen molar-refractivity contribution in [2.75, 3.05) is 6.61 Å². The topological polar surface area (TPSA) is 58.6 Å². The number of nitrogens with zero attached hydrogens (tertiary/aromatic N) is 1. The quantitative estimate of drug-likeness (QED) is 0.662. The monoisotopic (exact) mass is 460 g/mol. The number of hydrogen-bond acceptors (Lipinski definition) is 3. The molecule has 2 aromatic rings. The molecule has 0 aliphatic rings. The Bertz CT molecular complexity index is 844. The molecule has 0 radical (unpaired) electrons. The molecule has 29 heavy (non-hydrogen) atoms. The van der Waals surface area contributed by atoms with Gasteiger partial charge >= 0.3 is 0 Å². The summed E-state index contributed by atoms with van der Waals surface area (Å²) in [4.78, 5) is 27.3. The summed E-state index contributed by atoms with van der Waals surface area (Å²) in [5.41, 5.74) is 1.51. The van der Waals surface area contributed by atoms with E-state index in [-0.39, 0.29) is 24.0 Å². The van der Waals surface area contributed by atoms with Crippen LogP contribution in [0.1, 0.15) is 38.8 Å². The number of aryl methyl sites for hydroxylation is 1. The van der Waals surface area contributed by atoms with E-state index in [9.17, 15) is 9.59 Å². The van der Waals surface area contributed by atoms with Gasteiger partial charge in [-0.3, -0.25) is 9.59 Å². The average molecular weight is 461 g/mol. The highest BCUT2D eigenvalue weighted by atomic mass is 79.9. The van der Waals surface area contributed by atoms with E-state index < -0.39 is 6.04 Å². The molecule has 0 aromatic heterocycles. The van der Waals surface area contributed by atoms with Crippen molar-refractivity contribution in [3.63, 3.8) is 0 Å². The van der Waals surface area contributed by atoms with Crippen LogP contribution in [0, 0.1) is 6.92 Å². The summed E-state index contributed by atoms with van der Waals surface area (Å²) in [6, 6.07) is 14.6. The predicted molar refractivity (Wildman–Crippen MR) is 119 cm³/mol. The Morgan fingerprint density at radius 3 is 2.31 bits per heavy atom. The van der Waals surface area contributed by atoms with E-state index in [1.54, 1.807) is 11.8 Å². The number of hydrogen-bond donors (Lipinski definition) is 1. The first-order valence-corrected chi connectivity index (χ1v) is 10.4. The van der Waals surface area contributed by atoms with Gasteiger partial charge in [0.1, 0.15) is 11.8 Å². The maximum absolute atomic E-state index is 13.0. The van der Waals surface area contributed by atoms with E-state index >= 15 is 0 Å². The van der Waals surface area contributed by atoms with Crippen LogP contribution in [0.3, 0.4) is 0 Å². The molecule has 0 bridgehead atoms. The summed E-state index contributed by atoms with van der Waals surface area (Å²) in [6.07, 6.45) is 0. The summed E-state index contributed by atoms with van der Waals surface area (Å²) >= 11 is 3.42. The fraction of sp³-hybridized carbons (Fsp3) is 0.391. The number of amides is 2. The van der Waals surface area contributed by atoms with Gasteiger partial charge in [0.2, 0.25) is 5.91 Å². The normalized spacial score (nSPS) is 12.2. The zero-order valence-corrected chi connectivity index (χ0v) is 19.2. The van der Waals surface area contributed by atoms with E-state index in [1.165, 1.54) is 0 Å². The minimum atomic E-state index is -0.633. The first-order chi connectivity index (χ1) is 13.6. The highest BCUT2D eigenvalue weighted by Crippen LogP contribution is 2.18. The highest BCUT2D eigenvalue weighted by Gasteiger charge is 2.28. The van der Waals surface area contributed by atoms with Gasteiger partial charge in [-0.1, -0.05) is 46.3 Å². The summed E-state index contributed by atoms with van der Waals surface area (Å²) in [7, 11) is 0. The molecule has 2 amide bonds. The molecule has 0 heterocycles. The Hall–Kier alpha value is -2.34. The lowest BCUT2D eigenvalue weighted by atomic mass is 10.1. The van der Waals surface area contributed by atoms with Crippen molar-refractivity contribution in [1.29, 1.82) is 0 Å². The van der Waals surface area contributed by atoms with Gasteiger partial charge in [-0.2, -0.15) is 0 Å². The van der Waals surface area contributed by atoms with Gasteiger partial charge in [-0.25, -0.2) is 0 Å². The molecule has 1 N–H and O–H groups in total. The Labute approximate surface area is 181 Å². The summed E-state index contributed by atoms with van der Waals surface area (Å²) in [5, 5.41) is 2.95. The minimum absolute atomic E-state index is 0.130. The number of rotatable bonds is 7. The van der Waals surface area contributed by atoms with Crippen LogP contribution in [0.4, 0.5) is 0 Å². The van der Waals surface area contributed by atoms with Crippen molar-refractivity contribution in [2.45, 2.75) is 52.7 Å². The third kappa shape index (κ3) is 7.20. The number of carbonyl (C=O) groups excluding carboxylic acids is 2. The second kappa shape index (κ2) is 9.92. The molecule has 5 nitrogen and oxygen atoms in total. The molecule has 2 rings (SSSR count). The molecule has 1 unspecified atom stereocenters. The number of benzene rings is 2. The maximum Gasteiger partial charge on any atom is 0.261 e. The molecule has 0 saturated heterocycles. The zero-order chi connectivity index (χ0) is 21.6. The fourth-order valence-corrected chi connectivity index (χ4v) is 3.05. The van der Waals surface area contributed by atoms with E-state index in [0.717, 1.165) is 15.6 Å². The minimum Gasteiger partial charge on any atom is -0.484 e. The van der Waals surface area contributed by atoms with Gasteiger partial charge in [0, 0.05) is 16.6 Å². The standard InChI is InChI=1S/C23H29BrN2O3/c1-16-8-6-7-9-20(16)29-15-21(27)26(14-18-10-12-19(24)13-11-18)17(2)22(28)25-23(3,4)5/h6-13,17H,14-15H2,1-5H3,(H,25,28). The van der Waals surface area contributed by atoms with Crippen molar-refractivity contribution < 1.29 is 14.3 Å². The maximum atomic E-state index is 13.0. The second-order valence-electron chi connectivity index (χ2n) is 8.12. The Kier molecular flexibility index (Phi) is 7.85. The van der Waals surface area contributed by atoms with Crippen molar-refractivity contribution in [2.24, 2.45) is 0 Å². The van der Waals surface area contributed by atoms with Gasteiger partial charge in [-0.15, -0.1) is 0 Å². The number of ether oxygens (including phenoxy) is 1. The third-order valence-corrected chi connectivity index (χ3v) is 4.91. The van der Waals surface area contributed by atoms with Crippen LogP contribution in [0.15, 0.2) is 53.0 Å². The van der Waals surface area contributed by atoms with Gasteiger partial charge in [-0.05, 0) is 63.9 Å². The van der Waals surface area contributed by atoms with Gasteiger partial charge < -0.3 is 15.0 Å². The first kappa shape index (κ1) is 22.9. The molecule has 2 aromatic carbocycles. The number of halogens is 1. The zero-order valence-electron chi connectivity index (χ0n) is 17.7. The third-order valence-electron chi connectivity index (χ3n) is 4.38. The number of para-hydroxylation sites is 1. The number of nitrogens with one attached hydrogen (secondary N) is 1. The fourth-order valence-electron chi connectivity index (χ4n) is 2.78. The van der Waals surface area contributed by atoms with E-state index in [4.69, 9.17) is 4.74 Å². The molecule has 1 atom stereocenters. The van der Waals surface area contributed by atoms with Crippen LogP contribution in [0.2, 0.25) is 0 Å². The molecule has 0 saturated carbocycles. The van der Waals surface area contributed by atoms with Crippen LogP contribution >= 0.6 is 15.9 Å². The lowest BCUT2D eigenvalue weighted by Crippen LogP contribution is -2.53. The Morgan fingerprint density at radius 2 is 1.72 bits per heavy atom. The van der Waals surface area contributed by atoms with Crippen LogP contribution in [-0.4, -0.2) is 34.9 Å². The molecule has 156 valence electrons. The van der Waals surface area contributed by atoms with Crippen LogP contribution in [-0.2, 0) is 16.1 Å². The first-order valence-electron chi connectivity index (χ1n) is 9.61. The lowest BCUT2D eigenvalue weighted by molar-refractivity contribution is -0.142. The average Bonchev–Trinajstić information content (AvgIpc) is 2.64. The molecule has 0 aliphatic carbocycles. The van der Waals surface area contributed by atoms with Gasteiger partial charge in [0.05, 0.1) is 0 Å². The summed E-state index contributed by atoms with van der Waals surface area (Å²) < 4.78 is 6.70. The number of carbonyl (C=O) groups is 2. The van der Waals surface area contributed by atoms with Crippen LogP contribution < -0.4 is 10.1 Å². The van der Waals surface area contributed by atoms with E-state index in [0.29, 0.717) is 12.3 Å². The Balaban J connectivity index is 2.18. The summed E-state index contributed by atoms with van der Waals surface area (Å²) in [5.74, 6) is 0.225. The molecule has 0 fully saturated rings. The summed E-state index contributed by atoms with van der Waals surface area (Å²) in [6.45, 7) is 9.61. The predicted octanol–water partition coefficient (Wildman–Crippen LogP) is 4.47. The smallest absolute Gasteiger partial charge is 0.261 e. The molecular formula is C23H29BrN2O3. The van der Waals surface area contributed by atoms with Crippen molar-refractivity contribution in [3.05, 3.63) is 64.1 Å². The molecule has 0 aliphatic heterocycles. The lowest BCUT2D eigenvalue weighted by Gasteiger charge is -2.31. The van der Waals surface area contributed by atoms with E-state index in [2.05, 4.69) is 21.2 Å². The molecule has 6 heteroatoms. The Morgan fingerprint density at radius 1 is 1.10 bits per heavy atom.